The van der Waals surface area contributed by atoms with Crippen molar-refractivity contribution in [2.75, 3.05) is 33.0 Å². The molecule has 1 atom stereocenters. The molecule has 0 N–H and O–H groups in total. The zero-order valence-electron chi connectivity index (χ0n) is 16.3. The van der Waals surface area contributed by atoms with Crippen molar-refractivity contribution in [3.05, 3.63) is 66.2 Å². The van der Waals surface area contributed by atoms with Gasteiger partial charge >= 0.3 is 5.97 Å². The molecule has 0 fully saturated rings. The Morgan fingerprint density at radius 3 is 2.26 bits per heavy atom. The van der Waals surface area contributed by atoms with E-state index in [1.165, 1.54) is 29.4 Å². The first-order chi connectivity index (χ1) is 13.1. The number of ether oxygens (including phenoxy) is 1. The van der Waals surface area contributed by atoms with Crippen LogP contribution in [0.25, 0.3) is 16.7 Å². The van der Waals surface area contributed by atoms with Gasteiger partial charge in [0.2, 0.25) is 0 Å². The molecule has 3 nitrogen and oxygen atoms in total. The summed E-state index contributed by atoms with van der Waals surface area (Å²) >= 11 is 1.56. The summed E-state index contributed by atoms with van der Waals surface area (Å²) in [5, 5.41) is 0. The monoisotopic (exact) mass is 381 g/mol. The van der Waals surface area contributed by atoms with Crippen LogP contribution >= 0.6 is 11.8 Å². The molecule has 0 saturated carbocycles. The summed E-state index contributed by atoms with van der Waals surface area (Å²) in [7, 11) is 1.46. The largest absolute Gasteiger partial charge is 0.468 e. The average Bonchev–Trinajstić information content (AvgIpc) is 2.74. The summed E-state index contributed by atoms with van der Waals surface area (Å²) in [5.41, 5.74) is 5.16. The van der Waals surface area contributed by atoms with Gasteiger partial charge in [0.1, 0.15) is 4.75 Å². The smallest absolute Gasteiger partial charge is 0.322 e. The van der Waals surface area contributed by atoms with Crippen LogP contribution in [0.1, 0.15) is 18.9 Å². The van der Waals surface area contributed by atoms with Crippen molar-refractivity contribution in [1.29, 1.82) is 0 Å². The number of hydrogen-bond donors (Lipinski definition) is 0. The molecule has 27 heavy (non-hydrogen) atoms. The van der Waals surface area contributed by atoms with E-state index in [1.807, 2.05) is 19.2 Å². The third-order valence-electron chi connectivity index (χ3n) is 5.25. The van der Waals surface area contributed by atoms with E-state index in [-0.39, 0.29) is 5.97 Å². The van der Waals surface area contributed by atoms with Gasteiger partial charge in [0.05, 0.1) is 7.11 Å². The summed E-state index contributed by atoms with van der Waals surface area (Å²) in [6.07, 6.45) is 5.26. The highest BCUT2D eigenvalue weighted by molar-refractivity contribution is 8.00. The lowest BCUT2D eigenvalue weighted by molar-refractivity contribution is -0.143. The van der Waals surface area contributed by atoms with Gasteiger partial charge < -0.3 is 4.74 Å². The summed E-state index contributed by atoms with van der Waals surface area (Å²) in [5.74, 6) is -0.152. The van der Waals surface area contributed by atoms with Crippen LogP contribution in [0.4, 0.5) is 0 Å². The Balaban J connectivity index is 1.66. The molecule has 3 rings (SSSR count). The second-order valence-electron chi connectivity index (χ2n) is 7.08. The van der Waals surface area contributed by atoms with Crippen molar-refractivity contribution in [1.82, 2.24) is 4.90 Å². The molecule has 0 aromatic heterocycles. The number of benzene rings is 2. The highest BCUT2D eigenvalue weighted by Gasteiger charge is 2.35. The van der Waals surface area contributed by atoms with E-state index in [2.05, 4.69) is 59.5 Å². The third kappa shape index (κ3) is 4.63. The predicted octanol–water partition coefficient (Wildman–Crippen LogP) is 4.74. The quantitative estimate of drug-likeness (QED) is 0.676. The standard InChI is InChI=1S/C23H27NO2S/c1-23(27-3,22(25)26-2)17-24-15-13-21(14-16-24)20-11-9-19(10-12-20)18-7-5-4-6-8-18/h4-13H,14-17H2,1-3H3. The fraction of sp³-hybridized carbons (Fsp3) is 0.348. The lowest BCUT2D eigenvalue weighted by atomic mass is 9.96. The number of methoxy groups -OCH3 is 1. The van der Waals surface area contributed by atoms with Gasteiger partial charge in [-0.15, -0.1) is 11.8 Å². The maximum absolute atomic E-state index is 12.1. The van der Waals surface area contributed by atoms with Crippen molar-refractivity contribution in [2.45, 2.75) is 18.1 Å². The minimum Gasteiger partial charge on any atom is -0.468 e. The molecule has 2 aromatic rings. The molecule has 1 heterocycles. The molecule has 1 aliphatic heterocycles. The van der Waals surface area contributed by atoms with Gasteiger partial charge in [-0.1, -0.05) is 60.7 Å². The number of hydrogen-bond acceptors (Lipinski definition) is 4. The Kier molecular flexibility index (Phi) is 6.40. The van der Waals surface area contributed by atoms with Crippen LogP contribution in [0.2, 0.25) is 0 Å². The van der Waals surface area contributed by atoms with Crippen LogP contribution in [0.3, 0.4) is 0 Å². The van der Waals surface area contributed by atoms with E-state index < -0.39 is 4.75 Å². The number of esters is 1. The molecule has 0 aliphatic carbocycles. The number of nitrogens with zero attached hydrogens (tertiary/aromatic N) is 1. The minimum absolute atomic E-state index is 0.152. The highest BCUT2D eigenvalue weighted by atomic mass is 32.2. The Morgan fingerprint density at radius 1 is 1.07 bits per heavy atom. The van der Waals surface area contributed by atoms with Gasteiger partial charge in [0.15, 0.2) is 0 Å². The van der Waals surface area contributed by atoms with Crippen LogP contribution in [-0.4, -0.2) is 48.6 Å². The molecule has 2 aromatic carbocycles. The van der Waals surface area contributed by atoms with Crippen molar-refractivity contribution in [3.8, 4) is 11.1 Å². The lowest BCUT2D eigenvalue weighted by Crippen LogP contribution is -2.46. The average molecular weight is 382 g/mol. The topological polar surface area (TPSA) is 29.5 Å². The van der Waals surface area contributed by atoms with E-state index in [1.54, 1.807) is 11.8 Å². The fourth-order valence-electron chi connectivity index (χ4n) is 3.48. The molecular weight excluding hydrogens is 354 g/mol. The van der Waals surface area contributed by atoms with E-state index in [4.69, 9.17) is 4.74 Å². The summed E-state index contributed by atoms with van der Waals surface area (Å²) in [4.78, 5) is 14.4. The van der Waals surface area contributed by atoms with Crippen LogP contribution in [-0.2, 0) is 9.53 Å². The summed E-state index contributed by atoms with van der Waals surface area (Å²) in [6, 6.07) is 19.3. The maximum Gasteiger partial charge on any atom is 0.322 e. The Labute approximate surface area is 166 Å². The zero-order valence-corrected chi connectivity index (χ0v) is 17.1. The molecule has 142 valence electrons. The van der Waals surface area contributed by atoms with E-state index >= 15 is 0 Å². The van der Waals surface area contributed by atoms with Gasteiger partial charge in [0.25, 0.3) is 0 Å². The minimum atomic E-state index is -0.516. The summed E-state index contributed by atoms with van der Waals surface area (Å²) < 4.78 is 4.47. The van der Waals surface area contributed by atoms with E-state index in [9.17, 15) is 4.79 Å². The second-order valence-corrected chi connectivity index (χ2v) is 8.39. The number of carbonyl (C=O) groups is 1. The first-order valence-electron chi connectivity index (χ1n) is 9.26. The highest BCUT2D eigenvalue weighted by Crippen LogP contribution is 2.29. The molecule has 4 heteroatoms. The van der Waals surface area contributed by atoms with Crippen LogP contribution in [0.15, 0.2) is 60.7 Å². The maximum atomic E-state index is 12.1. The van der Waals surface area contributed by atoms with E-state index in [0.29, 0.717) is 6.54 Å². The normalized spacial score (nSPS) is 17.1. The van der Waals surface area contributed by atoms with Gasteiger partial charge in [-0.05, 0) is 41.9 Å². The Bertz CT molecular complexity index is 801. The van der Waals surface area contributed by atoms with Gasteiger partial charge in [0, 0.05) is 19.6 Å². The Morgan fingerprint density at radius 2 is 1.70 bits per heavy atom. The number of thioether (sulfide) groups is 1. The number of rotatable bonds is 6. The van der Waals surface area contributed by atoms with Crippen LogP contribution < -0.4 is 0 Å². The SMILES string of the molecule is COC(=O)C(C)(CN1CC=C(c2ccc(-c3ccccc3)cc2)CC1)SC. The van der Waals surface area contributed by atoms with E-state index in [0.717, 1.165) is 19.5 Å². The molecular formula is C23H27NO2S. The number of carbonyl (C=O) groups excluding carboxylic acids is 1. The second kappa shape index (κ2) is 8.77. The summed E-state index contributed by atoms with van der Waals surface area (Å²) in [6.45, 7) is 4.49. The molecule has 1 aliphatic rings. The molecule has 0 amide bonds. The van der Waals surface area contributed by atoms with Crippen molar-refractivity contribution in [2.24, 2.45) is 0 Å². The van der Waals surface area contributed by atoms with Crippen molar-refractivity contribution in [3.63, 3.8) is 0 Å². The molecule has 0 radical (unpaired) electrons. The van der Waals surface area contributed by atoms with Gasteiger partial charge in [-0.25, -0.2) is 0 Å². The van der Waals surface area contributed by atoms with Crippen LogP contribution in [0.5, 0.6) is 0 Å². The first-order valence-corrected chi connectivity index (χ1v) is 10.5. The predicted molar refractivity (Wildman–Crippen MR) is 115 cm³/mol. The van der Waals surface area contributed by atoms with Gasteiger partial charge in [-0.2, -0.15) is 0 Å². The lowest BCUT2D eigenvalue weighted by Gasteiger charge is -2.34. The van der Waals surface area contributed by atoms with Crippen molar-refractivity contribution < 1.29 is 9.53 Å². The van der Waals surface area contributed by atoms with Gasteiger partial charge in [-0.3, -0.25) is 9.69 Å². The van der Waals surface area contributed by atoms with Crippen molar-refractivity contribution >= 4 is 23.3 Å². The third-order valence-corrected chi connectivity index (χ3v) is 6.45. The molecule has 0 saturated heterocycles. The Hall–Kier alpha value is -2.04. The molecule has 1 unspecified atom stereocenters. The molecule has 0 bridgehead atoms. The molecule has 0 spiro atoms. The van der Waals surface area contributed by atoms with Crippen LogP contribution in [0, 0.1) is 0 Å². The fourth-order valence-corrected chi connectivity index (χ4v) is 4.04. The first kappa shape index (κ1) is 19.7. The zero-order chi connectivity index (χ0) is 19.3.